The molecule has 0 aliphatic rings. The molecule has 1 atom stereocenters. The van der Waals surface area contributed by atoms with E-state index in [1.165, 1.54) is 10.8 Å². The Morgan fingerprint density at radius 1 is 1.25 bits per heavy atom. The summed E-state index contributed by atoms with van der Waals surface area (Å²) < 4.78 is 7.10. The Labute approximate surface area is 148 Å². The molecular weight excluding hydrogens is 347 g/mol. The first kappa shape index (κ1) is 16.4. The lowest BCUT2D eigenvalue weighted by molar-refractivity contribution is 0.0734. The number of aromatic nitrogens is 1. The molecule has 4 nitrogen and oxygen atoms in total. The van der Waals surface area contributed by atoms with Gasteiger partial charge in [0.25, 0.3) is 5.91 Å². The normalized spacial score (nSPS) is 11.9. The second-order valence-corrected chi connectivity index (χ2v) is 6.06. The van der Waals surface area contributed by atoms with Gasteiger partial charge < -0.3 is 4.74 Å². The van der Waals surface area contributed by atoms with Crippen LogP contribution in [0.4, 0.5) is 0 Å². The van der Waals surface area contributed by atoms with Crippen molar-refractivity contribution in [3.63, 3.8) is 0 Å². The first-order valence-electron chi connectivity index (χ1n) is 7.17. The summed E-state index contributed by atoms with van der Waals surface area (Å²) in [4.78, 5) is 12.7. The fourth-order valence-corrected chi connectivity index (χ4v) is 2.91. The third-order valence-corrected chi connectivity index (χ3v) is 4.15. The van der Waals surface area contributed by atoms with E-state index in [2.05, 4.69) is 6.07 Å². The number of benzene rings is 2. The number of halogens is 2. The topological polar surface area (TPSA) is 55.0 Å². The van der Waals surface area contributed by atoms with Crippen molar-refractivity contribution in [2.24, 2.45) is 0 Å². The van der Waals surface area contributed by atoms with Gasteiger partial charge in [-0.05, 0) is 31.2 Å². The van der Waals surface area contributed by atoms with E-state index in [1.54, 1.807) is 37.3 Å². The van der Waals surface area contributed by atoms with Gasteiger partial charge in [-0.1, -0.05) is 41.4 Å². The van der Waals surface area contributed by atoms with Gasteiger partial charge in [-0.3, -0.25) is 9.36 Å². The summed E-state index contributed by atoms with van der Waals surface area (Å²) in [7, 11) is 0. The highest BCUT2D eigenvalue weighted by Crippen LogP contribution is 2.29. The molecule has 0 aliphatic carbocycles. The quantitative estimate of drug-likeness (QED) is 0.666. The molecule has 0 N–H and O–H groups in total. The van der Waals surface area contributed by atoms with Crippen molar-refractivity contribution in [1.82, 2.24) is 4.57 Å². The standard InChI is InChI=1S/C18H12Cl2N2O2/c1-11(24-17-7-6-13(19)8-15(17)20)18(23)22-10-12(9-21)14-4-2-3-5-16(14)22/h2-8,10-11H,1H3. The fraction of sp³-hybridized carbons (Fsp3) is 0.111. The third-order valence-electron chi connectivity index (χ3n) is 3.62. The lowest BCUT2D eigenvalue weighted by atomic mass is 10.2. The van der Waals surface area contributed by atoms with Gasteiger partial charge >= 0.3 is 0 Å². The maximum absolute atomic E-state index is 12.7. The average Bonchev–Trinajstić information content (AvgIpc) is 2.95. The van der Waals surface area contributed by atoms with E-state index in [-0.39, 0.29) is 5.91 Å². The minimum absolute atomic E-state index is 0.293. The zero-order chi connectivity index (χ0) is 17.3. The molecule has 0 saturated heterocycles. The molecule has 2 aromatic carbocycles. The number of hydrogen-bond donors (Lipinski definition) is 0. The van der Waals surface area contributed by atoms with Crippen molar-refractivity contribution < 1.29 is 9.53 Å². The van der Waals surface area contributed by atoms with E-state index >= 15 is 0 Å². The van der Waals surface area contributed by atoms with Gasteiger partial charge in [0.1, 0.15) is 11.8 Å². The second kappa shape index (κ2) is 6.56. The van der Waals surface area contributed by atoms with Crippen LogP contribution >= 0.6 is 23.2 Å². The van der Waals surface area contributed by atoms with Crippen LogP contribution in [0.3, 0.4) is 0 Å². The molecule has 0 fully saturated rings. The minimum Gasteiger partial charge on any atom is -0.479 e. The number of hydrogen-bond acceptors (Lipinski definition) is 3. The van der Waals surface area contributed by atoms with E-state index < -0.39 is 6.10 Å². The van der Waals surface area contributed by atoms with Gasteiger partial charge in [-0.15, -0.1) is 0 Å². The van der Waals surface area contributed by atoms with Crippen LogP contribution in [0.25, 0.3) is 10.9 Å². The molecule has 24 heavy (non-hydrogen) atoms. The Hall–Kier alpha value is -2.48. The van der Waals surface area contributed by atoms with Crippen LogP contribution in [0, 0.1) is 11.3 Å². The summed E-state index contributed by atoms with van der Waals surface area (Å²) in [6.07, 6.45) is 0.738. The average molecular weight is 359 g/mol. The smallest absolute Gasteiger partial charge is 0.271 e. The molecule has 0 amide bonds. The molecule has 3 aromatic rings. The predicted octanol–water partition coefficient (Wildman–Crippen LogP) is 4.93. The molecule has 0 saturated carbocycles. The van der Waals surface area contributed by atoms with Crippen LogP contribution in [-0.2, 0) is 0 Å². The Morgan fingerprint density at radius 2 is 2.00 bits per heavy atom. The number of nitrogens with zero attached hydrogens (tertiary/aromatic N) is 2. The molecule has 0 aliphatic heterocycles. The van der Waals surface area contributed by atoms with Gasteiger partial charge in [0.05, 0.1) is 16.1 Å². The minimum atomic E-state index is -0.786. The van der Waals surface area contributed by atoms with Crippen LogP contribution in [0.15, 0.2) is 48.7 Å². The molecule has 1 heterocycles. The van der Waals surface area contributed by atoms with Gasteiger partial charge in [0.15, 0.2) is 6.10 Å². The van der Waals surface area contributed by atoms with Crippen LogP contribution in [0.1, 0.15) is 17.3 Å². The van der Waals surface area contributed by atoms with Crippen LogP contribution in [0.5, 0.6) is 5.75 Å². The van der Waals surface area contributed by atoms with E-state index in [0.717, 1.165) is 5.39 Å². The van der Waals surface area contributed by atoms with Crippen molar-refractivity contribution in [1.29, 1.82) is 5.26 Å². The van der Waals surface area contributed by atoms with Crippen molar-refractivity contribution in [2.75, 3.05) is 0 Å². The number of rotatable bonds is 3. The number of ether oxygens (including phenoxy) is 1. The fourth-order valence-electron chi connectivity index (χ4n) is 2.46. The zero-order valence-corrected chi connectivity index (χ0v) is 14.2. The van der Waals surface area contributed by atoms with Crippen molar-refractivity contribution in [3.05, 3.63) is 64.3 Å². The Kier molecular flexibility index (Phi) is 4.48. The maximum atomic E-state index is 12.7. The van der Waals surface area contributed by atoms with Crippen LogP contribution in [0.2, 0.25) is 10.0 Å². The lowest BCUT2D eigenvalue weighted by Gasteiger charge is -2.15. The molecule has 0 bridgehead atoms. The molecule has 1 unspecified atom stereocenters. The third kappa shape index (κ3) is 2.96. The highest BCUT2D eigenvalue weighted by Gasteiger charge is 2.21. The molecule has 0 radical (unpaired) electrons. The van der Waals surface area contributed by atoms with E-state index in [9.17, 15) is 10.1 Å². The Morgan fingerprint density at radius 3 is 2.71 bits per heavy atom. The van der Waals surface area contributed by atoms with Crippen LogP contribution < -0.4 is 4.74 Å². The summed E-state index contributed by atoms with van der Waals surface area (Å²) in [5.41, 5.74) is 1.10. The molecule has 6 heteroatoms. The van der Waals surface area contributed by atoms with Crippen molar-refractivity contribution in [2.45, 2.75) is 13.0 Å². The largest absolute Gasteiger partial charge is 0.479 e. The first-order chi connectivity index (χ1) is 11.5. The van der Waals surface area contributed by atoms with E-state index in [0.29, 0.717) is 26.9 Å². The molecule has 0 spiro atoms. The Balaban J connectivity index is 1.93. The van der Waals surface area contributed by atoms with Gasteiger partial charge in [-0.25, -0.2) is 0 Å². The Bertz CT molecular complexity index is 973. The van der Waals surface area contributed by atoms with Crippen molar-refractivity contribution >= 4 is 40.0 Å². The lowest BCUT2D eigenvalue weighted by Crippen LogP contribution is -2.28. The second-order valence-electron chi connectivity index (χ2n) is 5.21. The van der Waals surface area contributed by atoms with Gasteiger partial charge in [0, 0.05) is 16.6 Å². The van der Waals surface area contributed by atoms with Gasteiger partial charge in [-0.2, -0.15) is 5.26 Å². The number of nitriles is 1. The highest BCUT2D eigenvalue weighted by atomic mass is 35.5. The van der Waals surface area contributed by atoms with Gasteiger partial charge in [0.2, 0.25) is 0 Å². The van der Waals surface area contributed by atoms with E-state index in [4.69, 9.17) is 27.9 Å². The molecular formula is C18H12Cl2N2O2. The molecule has 3 rings (SSSR count). The summed E-state index contributed by atoms with van der Waals surface area (Å²) in [6.45, 7) is 1.63. The van der Waals surface area contributed by atoms with Crippen LogP contribution in [-0.4, -0.2) is 16.6 Å². The zero-order valence-electron chi connectivity index (χ0n) is 12.7. The number of carbonyl (C=O) groups is 1. The van der Waals surface area contributed by atoms with E-state index in [1.807, 2.05) is 12.1 Å². The first-order valence-corrected chi connectivity index (χ1v) is 7.93. The number of para-hydroxylation sites is 1. The summed E-state index contributed by atoms with van der Waals surface area (Å²) in [5.74, 6) is 0.0811. The summed E-state index contributed by atoms with van der Waals surface area (Å²) in [6, 6.07) is 14.1. The maximum Gasteiger partial charge on any atom is 0.271 e. The molecule has 1 aromatic heterocycles. The summed E-state index contributed by atoms with van der Waals surface area (Å²) in [5, 5.41) is 10.8. The number of carbonyl (C=O) groups excluding carboxylic acids is 1. The molecule has 120 valence electrons. The van der Waals surface area contributed by atoms with Crippen molar-refractivity contribution in [3.8, 4) is 11.8 Å². The monoisotopic (exact) mass is 358 g/mol. The highest BCUT2D eigenvalue weighted by molar-refractivity contribution is 6.35. The number of fused-ring (bicyclic) bond motifs is 1. The predicted molar refractivity (Wildman–Crippen MR) is 93.8 cm³/mol. The summed E-state index contributed by atoms with van der Waals surface area (Å²) >= 11 is 11.9. The SMILES string of the molecule is CC(Oc1ccc(Cl)cc1Cl)C(=O)n1cc(C#N)c2ccccc21.